The van der Waals surface area contributed by atoms with Gasteiger partial charge in [-0.05, 0) is 36.1 Å². The molecule has 1 aromatic heterocycles. The summed E-state index contributed by atoms with van der Waals surface area (Å²) in [4.78, 5) is 4.39. The Bertz CT molecular complexity index is 495. The fourth-order valence-electron chi connectivity index (χ4n) is 2.24. The van der Waals surface area contributed by atoms with E-state index in [1.807, 2.05) is 12.3 Å². The van der Waals surface area contributed by atoms with Crippen molar-refractivity contribution >= 4 is 10.9 Å². The number of pyridine rings is 1. The molecule has 1 heterocycles. The predicted octanol–water partition coefficient (Wildman–Crippen LogP) is 2.34. The van der Waals surface area contributed by atoms with Gasteiger partial charge >= 0.3 is 0 Å². The van der Waals surface area contributed by atoms with E-state index in [1.54, 1.807) is 7.11 Å². The van der Waals surface area contributed by atoms with E-state index in [1.165, 1.54) is 16.5 Å². The lowest BCUT2D eigenvalue weighted by Gasteiger charge is -2.05. The average Bonchev–Trinajstić information content (AvgIpc) is 2.65. The molecule has 0 amide bonds. The minimum Gasteiger partial charge on any atom is -0.494 e. The van der Waals surface area contributed by atoms with Gasteiger partial charge in [0, 0.05) is 11.6 Å². The van der Waals surface area contributed by atoms with Gasteiger partial charge in [0.05, 0.1) is 7.11 Å². The van der Waals surface area contributed by atoms with E-state index in [0.29, 0.717) is 0 Å². The van der Waals surface area contributed by atoms with Crippen LogP contribution in [0.3, 0.4) is 0 Å². The summed E-state index contributed by atoms with van der Waals surface area (Å²) in [6.45, 7) is 0. The molecular weight excluding hydrogens is 174 g/mol. The Hall–Kier alpha value is -1.57. The van der Waals surface area contributed by atoms with Crippen molar-refractivity contribution in [3.8, 4) is 5.75 Å². The number of ether oxygens (including phenoxy) is 1. The van der Waals surface area contributed by atoms with E-state index < -0.39 is 0 Å². The summed E-state index contributed by atoms with van der Waals surface area (Å²) in [5.74, 6) is 0.882. The van der Waals surface area contributed by atoms with Crippen molar-refractivity contribution in [1.82, 2.24) is 4.98 Å². The fourth-order valence-corrected chi connectivity index (χ4v) is 2.24. The van der Waals surface area contributed by atoms with Crippen molar-refractivity contribution in [3.05, 3.63) is 35.5 Å². The molecule has 0 unspecified atom stereocenters. The maximum atomic E-state index is 5.30. The predicted molar refractivity (Wildman–Crippen MR) is 55.7 cm³/mol. The maximum absolute atomic E-state index is 5.30. The third-order valence-electron chi connectivity index (χ3n) is 2.91. The smallest absolute Gasteiger partial charge is 0.145 e. The molecule has 1 aliphatic carbocycles. The highest BCUT2D eigenvalue weighted by Crippen LogP contribution is 2.34. The quantitative estimate of drug-likeness (QED) is 0.680. The summed E-state index contributed by atoms with van der Waals surface area (Å²) < 4.78 is 5.30. The first-order valence-electron chi connectivity index (χ1n) is 4.83. The summed E-state index contributed by atoms with van der Waals surface area (Å²) in [6.07, 6.45) is 4.15. The molecule has 2 nitrogen and oxygen atoms in total. The third kappa shape index (κ3) is 0.882. The highest BCUT2D eigenvalue weighted by atomic mass is 16.5. The Morgan fingerprint density at radius 3 is 2.71 bits per heavy atom. The molecule has 0 bridgehead atoms. The lowest BCUT2D eigenvalue weighted by atomic mass is 10.1. The zero-order chi connectivity index (χ0) is 9.54. The van der Waals surface area contributed by atoms with Gasteiger partial charge in [0.15, 0.2) is 0 Å². The van der Waals surface area contributed by atoms with E-state index >= 15 is 0 Å². The SMILES string of the molecule is COc1ccc2c3c(ccnc13)CC2. The van der Waals surface area contributed by atoms with Gasteiger partial charge in [0.2, 0.25) is 0 Å². The first-order chi connectivity index (χ1) is 6.90. The first kappa shape index (κ1) is 7.80. The minimum absolute atomic E-state index is 0.882. The molecule has 0 saturated heterocycles. The standard InChI is InChI=1S/C12H11NO/c1-14-10-5-4-8-2-3-9-6-7-13-12(10)11(8)9/h4-7H,2-3H2,1H3. The maximum Gasteiger partial charge on any atom is 0.145 e. The van der Waals surface area contributed by atoms with Crippen molar-refractivity contribution in [1.29, 1.82) is 0 Å². The summed E-state index contributed by atoms with van der Waals surface area (Å²) in [5, 5.41) is 1.31. The average molecular weight is 185 g/mol. The summed E-state index contributed by atoms with van der Waals surface area (Å²) in [7, 11) is 1.70. The van der Waals surface area contributed by atoms with Crippen molar-refractivity contribution < 1.29 is 4.74 Å². The van der Waals surface area contributed by atoms with Gasteiger partial charge < -0.3 is 4.74 Å². The molecule has 2 heteroatoms. The molecule has 0 saturated carbocycles. The van der Waals surface area contributed by atoms with Gasteiger partial charge in [-0.1, -0.05) is 6.07 Å². The van der Waals surface area contributed by atoms with E-state index in [-0.39, 0.29) is 0 Å². The van der Waals surface area contributed by atoms with Crippen molar-refractivity contribution in [3.63, 3.8) is 0 Å². The lowest BCUT2D eigenvalue weighted by Crippen LogP contribution is -1.89. The fraction of sp³-hybridized carbons (Fsp3) is 0.250. The van der Waals surface area contributed by atoms with Crippen molar-refractivity contribution in [2.45, 2.75) is 12.8 Å². The van der Waals surface area contributed by atoms with Crippen LogP contribution >= 0.6 is 0 Å². The molecule has 14 heavy (non-hydrogen) atoms. The largest absolute Gasteiger partial charge is 0.494 e. The zero-order valence-corrected chi connectivity index (χ0v) is 8.08. The number of aryl methyl sites for hydroxylation is 2. The van der Waals surface area contributed by atoms with Crippen LogP contribution in [0.15, 0.2) is 24.4 Å². The second kappa shape index (κ2) is 2.71. The van der Waals surface area contributed by atoms with Crippen LogP contribution in [0, 0.1) is 0 Å². The molecular formula is C12H11NO. The summed E-state index contributed by atoms with van der Waals surface area (Å²) >= 11 is 0. The number of aromatic nitrogens is 1. The van der Waals surface area contributed by atoms with Gasteiger partial charge in [-0.3, -0.25) is 4.98 Å². The molecule has 1 aliphatic rings. The van der Waals surface area contributed by atoms with Gasteiger partial charge in [-0.2, -0.15) is 0 Å². The highest BCUT2D eigenvalue weighted by molar-refractivity contribution is 5.91. The van der Waals surface area contributed by atoms with E-state index in [2.05, 4.69) is 17.1 Å². The molecule has 0 fully saturated rings. The van der Waals surface area contributed by atoms with Crippen molar-refractivity contribution in [2.75, 3.05) is 7.11 Å². The lowest BCUT2D eigenvalue weighted by molar-refractivity contribution is 0.419. The molecule has 3 rings (SSSR count). The van der Waals surface area contributed by atoms with Crippen LogP contribution in [-0.4, -0.2) is 12.1 Å². The van der Waals surface area contributed by atoms with Crippen LogP contribution in [0.5, 0.6) is 5.75 Å². The summed E-state index contributed by atoms with van der Waals surface area (Å²) in [6, 6.07) is 6.28. The second-order valence-electron chi connectivity index (χ2n) is 3.62. The van der Waals surface area contributed by atoms with Crippen LogP contribution < -0.4 is 4.74 Å². The Morgan fingerprint density at radius 2 is 1.93 bits per heavy atom. The number of hydrogen-bond donors (Lipinski definition) is 0. The highest BCUT2D eigenvalue weighted by Gasteiger charge is 2.16. The van der Waals surface area contributed by atoms with Crippen LogP contribution in [0.25, 0.3) is 10.9 Å². The van der Waals surface area contributed by atoms with E-state index in [0.717, 1.165) is 24.1 Å². The van der Waals surface area contributed by atoms with E-state index in [4.69, 9.17) is 4.74 Å². The van der Waals surface area contributed by atoms with Crippen LogP contribution in [0.1, 0.15) is 11.1 Å². The Morgan fingerprint density at radius 1 is 1.14 bits per heavy atom. The minimum atomic E-state index is 0.882. The number of methoxy groups -OCH3 is 1. The van der Waals surface area contributed by atoms with Gasteiger partial charge in [0.25, 0.3) is 0 Å². The Labute approximate surface area is 82.5 Å². The van der Waals surface area contributed by atoms with Crippen molar-refractivity contribution in [2.24, 2.45) is 0 Å². The molecule has 70 valence electrons. The molecule has 1 aromatic carbocycles. The third-order valence-corrected chi connectivity index (χ3v) is 2.91. The normalized spacial score (nSPS) is 13.5. The van der Waals surface area contributed by atoms with Gasteiger partial charge in [0.1, 0.15) is 11.3 Å². The van der Waals surface area contributed by atoms with Crippen LogP contribution in [0.2, 0.25) is 0 Å². The molecule has 0 aliphatic heterocycles. The van der Waals surface area contributed by atoms with E-state index in [9.17, 15) is 0 Å². The first-order valence-corrected chi connectivity index (χ1v) is 4.83. The molecule has 0 spiro atoms. The Balaban J connectivity index is 2.48. The monoisotopic (exact) mass is 185 g/mol. The number of nitrogens with zero attached hydrogens (tertiary/aromatic N) is 1. The summed E-state index contributed by atoms with van der Waals surface area (Å²) in [5.41, 5.74) is 3.83. The number of benzene rings is 1. The molecule has 0 N–H and O–H groups in total. The number of hydrogen-bond acceptors (Lipinski definition) is 2. The van der Waals surface area contributed by atoms with Crippen LogP contribution in [-0.2, 0) is 12.8 Å². The second-order valence-corrected chi connectivity index (χ2v) is 3.62. The number of rotatable bonds is 1. The topological polar surface area (TPSA) is 22.1 Å². The van der Waals surface area contributed by atoms with Gasteiger partial charge in [-0.25, -0.2) is 0 Å². The molecule has 0 atom stereocenters. The Kier molecular flexibility index (Phi) is 1.51. The molecule has 0 radical (unpaired) electrons. The molecule has 2 aromatic rings. The zero-order valence-electron chi connectivity index (χ0n) is 8.08. The van der Waals surface area contributed by atoms with Crippen LogP contribution in [0.4, 0.5) is 0 Å². The van der Waals surface area contributed by atoms with Gasteiger partial charge in [-0.15, -0.1) is 0 Å².